The first-order chi connectivity index (χ1) is 10.3. The molecular formula is C18H30N2O. The van der Waals surface area contributed by atoms with Gasteiger partial charge in [0.1, 0.15) is 5.82 Å². The number of nitrogens with zero attached hydrogens (tertiary/aromatic N) is 2. The number of allylic oxidation sites excluding steroid dienone is 2. The number of piperidine rings is 1. The summed E-state index contributed by atoms with van der Waals surface area (Å²) in [5, 5.41) is 0. The normalized spacial score (nSPS) is 22.3. The van der Waals surface area contributed by atoms with Crippen LogP contribution in [-0.4, -0.2) is 37.9 Å². The van der Waals surface area contributed by atoms with Gasteiger partial charge in [0.2, 0.25) is 0 Å². The van der Waals surface area contributed by atoms with E-state index in [1.54, 1.807) is 7.11 Å². The van der Waals surface area contributed by atoms with Crippen molar-refractivity contribution in [3.8, 4) is 0 Å². The first-order valence-electron chi connectivity index (χ1n) is 8.41. The summed E-state index contributed by atoms with van der Waals surface area (Å²) in [7, 11) is 1.72. The molecule has 2 fully saturated rings. The fraction of sp³-hybridized carbons (Fsp3) is 0.722. The zero-order chi connectivity index (χ0) is 15.1. The van der Waals surface area contributed by atoms with Crippen LogP contribution < -0.4 is 0 Å². The van der Waals surface area contributed by atoms with Crippen LogP contribution in [0.5, 0.6) is 0 Å². The standard InChI is InChI=1S/C18H30N2O/c1-4-6-18(19-13-15(5-2)14-21-3)20-11-9-17(10-12-20)16-7-8-16/h5-6,13,16-17H,4,7-12,14H2,1-3H3/b15-5+,18-6-,19-13-. The molecule has 21 heavy (non-hydrogen) atoms. The second kappa shape index (κ2) is 8.38. The molecule has 0 spiro atoms. The minimum atomic E-state index is 0.628. The van der Waals surface area contributed by atoms with Gasteiger partial charge in [0.15, 0.2) is 0 Å². The Morgan fingerprint density at radius 2 is 1.86 bits per heavy atom. The number of methoxy groups -OCH3 is 1. The van der Waals surface area contributed by atoms with Crippen molar-refractivity contribution in [3.63, 3.8) is 0 Å². The van der Waals surface area contributed by atoms with Crippen LogP contribution in [0.25, 0.3) is 0 Å². The fourth-order valence-electron chi connectivity index (χ4n) is 3.12. The van der Waals surface area contributed by atoms with E-state index < -0.39 is 0 Å². The van der Waals surface area contributed by atoms with E-state index >= 15 is 0 Å². The third-order valence-corrected chi connectivity index (χ3v) is 4.58. The summed E-state index contributed by atoms with van der Waals surface area (Å²) in [6.45, 7) is 7.17. The summed E-state index contributed by atoms with van der Waals surface area (Å²) < 4.78 is 5.19. The second-order valence-electron chi connectivity index (χ2n) is 6.19. The predicted molar refractivity (Wildman–Crippen MR) is 89.5 cm³/mol. The summed E-state index contributed by atoms with van der Waals surface area (Å²) in [5.41, 5.74) is 1.13. The number of hydrogen-bond donors (Lipinski definition) is 0. The van der Waals surface area contributed by atoms with E-state index in [1.165, 1.54) is 38.8 Å². The molecule has 0 amide bonds. The molecule has 0 aromatic carbocycles. The van der Waals surface area contributed by atoms with Crippen molar-refractivity contribution in [1.82, 2.24) is 4.90 Å². The van der Waals surface area contributed by atoms with Crippen molar-refractivity contribution >= 4 is 6.21 Å². The molecule has 1 aliphatic heterocycles. The smallest absolute Gasteiger partial charge is 0.124 e. The van der Waals surface area contributed by atoms with E-state index in [1.807, 2.05) is 13.1 Å². The number of hydrogen-bond acceptors (Lipinski definition) is 3. The lowest BCUT2D eigenvalue weighted by molar-refractivity contribution is 0.209. The molecule has 0 aromatic heterocycles. The predicted octanol–water partition coefficient (Wildman–Crippen LogP) is 4.02. The van der Waals surface area contributed by atoms with Crippen molar-refractivity contribution < 1.29 is 4.74 Å². The average Bonchev–Trinajstić information content (AvgIpc) is 3.35. The molecule has 0 unspecified atom stereocenters. The molecule has 0 bridgehead atoms. The van der Waals surface area contributed by atoms with Gasteiger partial charge in [0, 0.05) is 26.4 Å². The highest BCUT2D eigenvalue weighted by molar-refractivity contribution is 5.79. The van der Waals surface area contributed by atoms with Crippen LogP contribution in [-0.2, 0) is 4.74 Å². The van der Waals surface area contributed by atoms with Gasteiger partial charge in [-0.1, -0.05) is 13.0 Å². The van der Waals surface area contributed by atoms with E-state index in [-0.39, 0.29) is 0 Å². The molecule has 1 heterocycles. The number of rotatable bonds is 7. The highest BCUT2D eigenvalue weighted by atomic mass is 16.5. The molecular weight excluding hydrogens is 260 g/mol. The first-order valence-corrected chi connectivity index (χ1v) is 8.41. The van der Waals surface area contributed by atoms with Crippen molar-refractivity contribution in [2.75, 3.05) is 26.8 Å². The third kappa shape index (κ3) is 4.99. The summed E-state index contributed by atoms with van der Waals surface area (Å²) in [5.74, 6) is 3.17. The molecule has 0 N–H and O–H groups in total. The molecule has 1 aliphatic carbocycles. The molecule has 3 nitrogen and oxygen atoms in total. The minimum Gasteiger partial charge on any atom is -0.380 e. The minimum absolute atomic E-state index is 0.628. The molecule has 0 atom stereocenters. The van der Waals surface area contributed by atoms with Gasteiger partial charge in [-0.25, -0.2) is 4.99 Å². The van der Waals surface area contributed by atoms with Crippen LogP contribution in [0, 0.1) is 11.8 Å². The Bertz CT molecular complexity index is 399. The van der Waals surface area contributed by atoms with Crippen molar-refractivity contribution in [1.29, 1.82) is 0 Å². The SMILES string of the molecule is C\C=C(/C=N\C(=C\CC)N1CCC(C2CC2)CC1)COC. The molecule has 2 rings (SSSR count). The van der Waals surface area contributed by atoms with Gasteiger partial charge < -0.3 is 9.64 Å². The summed E-state index contributed by atoms with van der Waals surface area (Å²) in [6.07, 6.45) is 12.9. The molecule has 0 radical (unpaired) electrons. The molecule has 1 saturated heterocycles. The van der Waals surface area contributed by atoms with Crippen LogP contribution in [0.2, 0.25) is 0 Å². The number of ether oxygens (including phenoxy) is 1. The van der Waals surface area contributed by atoms with E-state index in [4.69, 9.17) is 9.73 Å². The number of likely N-dealkylation sites (tertiary alicyclic amines) is 1. The number of aliphatic imine (C=N–C) groups is 1. The zero-order valence-electron chi connectivity index (χ0n) is 13.8. The van der Waals surface area contributed by atoms with Gasteiger partial charge in [0.25, 0.3) is 0 Å². The quantitative estimate of drug-likeness (QED) is 0.661. The van der Waals surface area contributed by atoms with Gasteiger partial charge in [-0.05, 0) is 62.5 Å². The van der Waals surface area contributed by atoms with Gasteiger partial charge in [-0.3, -0.25) is 0 Å². The lowest BCUT2D eigenvalue weighted by Gasteiger charge is -2.33. The maximum Gasteiger partial charge on any atom is 0.124 e. The largest absolute Gasteiger partial charge is 0.380 e. The highest BCUT2D eigenvalue weighted by Crippen LogP contribution is 2.42. The van der Waals surface area contributed by atoms with E-state index in [0.717, 1.165) is 29.7 Å². The summed E-state index contributed by atoms with van der Waals surface area (Å²) >= 11 is 0. The zero-order valence-corrected chi connectivity index (χ0v) is 13.8. The maximum absolute atomic E-state index is 5.19. The molecule has 2 aliphatic rings. The lowest BCUT2D eigenvalue weighted by atomic mass is 9.92. The Kier molecular flexibility index (Phi) is 6.50. The van der Waals surface area contributed by atoms with Gasteiger partial charge in [0.05, 0.1) is 6.61 Å². The van der Waals surface area contributed by atoms with Gasteiger partial charge in [-0.2, -0.15) is 0 Å². The van der Waals surface area contributed by atoms with Crippen LogP contribution >= 0.6 is 0 Å². The second-order valence-corrected chi connectivity index (χ2v) is 6.19. The van der Waals surface area contributed by atoms with Crippen LogP contribution in [0.1, 0.15) is 46.0 Å². The van der Waals surface area contributed by atoms with Crippen molar-refractivity contribution in [3.05, 3.63) is 23.5 Å². The van der Waals surface area contributed by atoms with Gasteiger partial charge in [-0.15, -0.1) is 0 Å². The van der Waals surface area contributed by atoms with Crippen molar-refractivity contribution in [2.45, 2.75) is 46.0 Å². The molecule has 1 saturated carbocycles. The third-order valence-electron chi connectivity index (χ3n) is 4.58. The monoisotopic (exact) mass is 290 g/mol. The van der Waals surface area contributed by atoms with Crippen molar-refractivity contribution in [2.24, 2.45) is 16.8 Å². The maximum atomic E-state index is 5.19. The average molecular weight is 290 g/mol. The molecule has 3 heteroatoms. The summed E-state index contributed by atoms with van der Waals surface area (Å²) in [4.78, 5) is 7.18. The van der Waals surface area contributed by atoms with E-state index in [0.29, 0.717) is 6.61 Å². The Labute approximate surface area is 129 Å². The van der Waals surface area contributed by atoms with E-state index in [9.17, 15) is 0 Å². The van der Waals surface area contributed by atoms with Gasteiger partial charge >= 0.3 is 0 Å². The molecule has 118 valence electrons. The fourth-order valence-corrected chi connectivity index (χ4v) is 3.12. The lowest BCUT2D eigenvalue weighted by Crippen LogP contribution is -2.33. The van der Waals surface area contributed by atoms with Crippen LogP contribution in [0.15, 0.2) is 28.5 Å². The first kappa shape index (κ1) is 16.3. The highest BCUT2D eigenvalue weighted by Gasteiger charge is 2.33. The Balaban J connectivity index is 1.92. The Morgan fingerprint density at radius 1 is 1.19 bits per heavy atom. The van der Waals surface area contributed by atoms with Crippen LogP contribution in [0.3, 0.4) is 0 Å². The van der Waals surface area contributed by atoms with Crippen LogP contribution in [0.4, 0.5) is 0 Å². The Hall–Kier alpha value is -1.09. The Morgan fingerprint density at radius 3 is 2.38 bits per heavy atom. The topological polar surface area (TPSA) is 24.8 Å². The summed E-state index contributed by atoms with van der Waals surface area (Å²) in [6, 6.07) is 0. The molecule has 0 aromatic rings. The van der Waals surface area contributed by atoms with E-state index in [2.05, 4.69) is 24.0 Å².